The Labute approximate surface area is 128 Å². The lowest BCUT2D eigenvalue weighted by atomic mass is 10.2. The first-order valence-corrected chi connectivity index (χ1v) is 7.04. The smallest absolute Gasteiger partial charge is 0.123 e. The summed E-state index contributed by atoms with van der Waals surface area (Å²) < 4.78 is 12.8. The van der Waals surface area contributed by atoms with E-state index in [1.165, 1.54) is 0 Å². The van der Waals surface area contributed by atoms with Gasteiger partial charge in [-0.2, -0.15) is 0 Å². The van der Waals surface area contributed by atoms with Crippen LogP contribution in [-0.2, 0) is 6.54 Å². The molecule has 0 fully saturated rings. The van der Waals surface area contributed by atoms with Crippen molar-refractivity contribution in [3.05, 3.63) is 59.2 Å². The molecule has 0 aliphatic rings. The number of methoxy groups -OCH3 is 2. The Kier molecular flexibility index (Phi) is 3.76. The van der Waals surface area contributed by atoms with Crippen molar-refractivity contribution in [2.24, 2.45) is 0 Å². The number of benzene rings is 2. The molecule has 3 aromatic rings. The van der Waals surface area contributed by atoms with Gasteiger partial charge in [-0.3, -0.25) is 0 Å². The van der Waals surface area contributed by atoms with Gasteiger partial charge in [0, 0.05) is 27.7 Å². The van der Waals surface area contributed by atoms with Crippen LogP contribution in [0.15, 0.2) is 48.7 Å². The van der Waals surface area contributed by atoms with Gasteiger partial charge < -0.3 is 14.0 Å². The summed E-state index contributed by atoms with van der Waals surface area (Å²) in [4.78, 5) is 0. The van der Waals surface area contributed by atoms with E-state index in [-0.39, 0.29) is 0 Å². The second-order valence-electron chi connectivity index (χ2n) is 4.82. The van der Waals surface area contributed by atoms with Crippen molar-refractivity contribution < 1.29 is 9.47 Å². The third-order valence-electron chi connectivity index (χ3n) is 3.56. The van der Waals surface area contributed by atoms with Gasteiger partial charge in [-0.15, -0.1) is 0 Å². The van der Waals surface area contributed by atoms with Crippen LogP contribution in [-0.4, -0.2) is 18.8 Å². The van der Waals surface area contributed by atoms with Crippen molar-refractivity contribution in [3.63, 3.8) is 0 Å². The van der Waals surface area contributed by atoms with Crippen LogP contribution in [0.1, 0.15) is 5.56 Å². The molecular weight excluding hydrogens is 286 g/mol. The molecule has 108 valence electrons. The molecule has 0 unspecified atom stereocenters. The maximum atomic E-state index is 6.09. The third kappa shape index (κ3) is 2.69. The molecular formula is C17H16ClNO2. The zero-order chi connectivity index (χ0) is 14.8. The van der Waals surface area contributed by atoms with Gasteiger partial charge in [0.2, 0.25) is 0 Å². The molecule has 0 spiro atoms. The van der Waals surface area contributed by atoms with E-state index in [0.29, 0.717) is 11.6 Å². The number of hydrogen-bond acceptors (Lipinski definition) is 2. The first-order chi connectivity index (χ1) is 10.2. The van der Waals surface area contributed by atoms with Crippen LogP contribution in [0.2, 0.25) is 5.02 Å². The van der Waals surface area contributed by atoms with Gasteiger partial charge in [0.1, 0.15) is 11.5 Å². The quantitative estimate of drug-likeness (QED) is 0.715. The van der Waals surface area contributed by atoms with Crippen LogP contribution >= 0.6 is 11.6 Å². The predicted molar refractivity (Wildman–Crippen MR) is 85.6 cm³/mol. The Bertz CT molecular complexity index is 780. The van der Waals surface area contributed by atoms with E-state index >= 15 is 0 Å². The zero-order valence-corrected chi connectivity index (χ0v) is 12.7. The fourth-order valence-corrected chi connectivity index (χ4v) is 2.69. The first kappa shape index (κ1) is 13.8. The van der Waals surface area contributed by atoms with Crippen LogP contribution in [0, 0.1) is 0 Å². The summed E-state index contributed by atoms with van der Waals surface area (Å²) >= 11 is 6.09. The second kappa shape index (κ2) is 5.70. The normalized spacial score (nSPS) is 10.8. The fourth-order valence-electron chi connectivity index (χ4n) is 2.50. The molecule has 1 aromatic heterocycles. The first-order valence-electron chi connectivity index (χ1n) is 6.66. The van der Waals surface area contributed by atoms with Crippen molar-refractivity contribution in [2.75, 3.05) is 14.2 Å². The van der Waals surface area contributed by atoms with Gasteiger partial charge in [-0.25, -0.2) is 0 Å². The molecule has 3 rings (SSSR count). The van der Waals surface area contributed by atoms with E-state index in [1.807, 2.05) is 30.3 Å². The molecule has 0 aliphatic carbocycles. The second-order valence-corrected chi connectivity index (χ2v) is 5.26. The third-order valence-corrected chi connectivity index (χ3v) is 3.80. The van der Waals surface area contributed by atoms with E-state index in [2.05, 4.69) is 22.9 Å². The summed E-state index contributed by atoms with van der Waals surface area (Å²) in [5, 5.41) is 1.86. The van der Waals surface area contributed by atoms with E-state index in [4.69, 9.17) is 21.1 Å². The van der Waals surface area contributed by atoms with Gasteiger partial charge in [-0.1, -0.05) is 11.6 Å². The summed E-state index contributed by atoms with van der Waals surface area (Å²) in [6.45, 7) is 0.708. The van der Waals surface area contributed by atoms with Crippen molar-refractivity contribution in [3.8, 4) is 11.5 Å². The summed E-state index contributed by atoms with van der Waals surface area (Å²) in [5.74, 6) is 1.70. The van der Waals surface area contributed by atoms with E-state index < -0.39 is 0 Å². The van der Waals surface area contributed by atoms with Crippen LogP contribution in [0.3, 0.4) is 0 Å². The highest BCUT2D eigenvalue weighted by Crippen LogP contribution is 2.27. The lowest BCUT2D eigenvalue weighted by Gasteiger charge is -2.11. The lowest BCUT2D eigenvalue weighted by molar-refractivity contribution is 0.408. The highest BCUT2D eigenvalue weighted by atomic mass is 35.5. The number of aromatic nitrogens is 1. The molecule has 0 saturated carbocycles. The van der Waals surface area contributed by atoms with Gasteiger partial charge in [0.05, 0.1) is 20.8 Å². The lowest BCUT2D eigenvalue weighted by Crippen LogP contribution is -2.00. The number of hydrogen-bond donors (Lipinski definition) is 0. The van der Waals surface area contributed by atoms with Crippen LogP contribution in [0.25, 0.3) is 10.9 Å². The number of ether oxygens (including phenoxy) is 2. The number of halogens is 1. The molecule has 0 amide bonds. The Balaban J connectivity index is 2.00. The van der Waals surface area contributed by atoms with E-state index in [0.717, 1.165) is 28.0 Å². The molecule has 0 atom stereocenters. The van der Waals surface area contributed by atoms with Crippen LogP contribution < -0.4 is 9.47 Å². The average molecular weight is 302 g/mol. The van der Waals surface area contributed by atoms with Crippen molar-refractivity contribution in [1.29, 1.82) is 0 Å². The molecule has 0 aliphatic heterocycles. The molecule has 0 radical (unpaired) electrons. The molecule has 2 aromatic carbocycles. The molecule has 0 N–H and O–H groups in total. The molecule has 0 bridgehead atoms. The molecule has 0 saturated heterocycles. The Hall–Kier alpha value is -2.13. The summed E-state index contributed by atoms with van der Waals surface area (Å²) in [6.07, 6.45) is 2.06. The largest absolute Gasteiger partial charge is 0.497 e. The van der Waals surface area contributed by atoms with Gasteiger partial charge >= 0.3 is 0 Å². The fraction of sp³-hybridized carbons (Fsp3) is 0.176. The minimum absolute atomic E-state index is 0.708. The standard InChI is InChI=1S/C17H16ClNO2/c1-20-15-4-5-16-12(10-15)7-8-19(16)11-13-9-14(18)3-6-17(13)21-2/h3-10H,11H2,1-2H3. The van der Waals surface area contributed by atoms with E-state index in [9.17, 15) is 0 Å². The molecule has 3 nitrogen and oxygen atoms in total. The maximum absolute atomic E-state index is 6.09. The highest BCUT2D eigenvalue weighted by Gasteiger charge is 2.08. The zero-order valence-electron chi connectivity index (χ0n) is 12.0. The van der Waals surface area contributed by atoms with Crippen molar-refractivity contribution in [2.45, 2.75) is 6.54 Å². The number of rotatable bonds is 4. The summed E-state index contributed by atoms with van der Waals surface area (Å²) in [6, 6.07) is 13.8. The van der Waals surface area contributed by atoms with Crippen LogP contribution in [0.4, 0.5) is 0 Å². The van der Waals surface area contributed by atoms with Crippen molar-refractivity contribution in [1.82, 2.24) is 4.57 Å². The van der Waals surface area contributed by atoms with Crippen LogP contribution in [0.5, 0.6) is 11.5 Å². The minimum atomic E-state index is 0.708. The Morgan fingerprint density at radius 3 is 2.62 bits per heavy atom. The SMILES string of the molecule is COc1ccc2c(ccn2Cc2cc(Cl)ccc2OC)c1. The number of fused-ring (bicyclic) bond motifs is 1. The molecule has 4 heteroatoms. The molecule has 21 heavy (non-hydrogen) atoms. The van der Waals surface area contributed by atoms with Gasteiger partial charge in [0.15, 0.2) is 0 Å². The maximum Gasteiger partial charge on any atom is 0.123 e. The summed E-state index contributed by atoms with van der Waals surface area (Å²) in [7, 11) is 3.35. The number of nitrogens with zero attached hydrogens (tertiary/aromatic N) is 1. The Morgan fingerprint density at radius 1 is 1.00 bits per heavy atom. The minimum Gasteiger partial charge on any atom is -0.497 e. The summed E-state index contributed by atoms with van der Waals surface area (Å²) in [5.41, 5.74) is 2.20. The Morgan fingerprint density at radius 2 is 1.86 bits per heavy atom. The van der Waals surface area contributed by atoms with Crippen molar-refractivity contribution >= 4 is 22.5 Å². The predicted octanol–water partition coefficient (Wildman–Crippen LogP) is 4.36. The average Bonchev–Trinajstić information content (AvgIpc) is 2.90. The van der Waals surface area contributed by atoms with Gasteiger partial charge in [0.25, 0.3) is 0 Å². The van der Waals surface area contributed by atoms with E-state index in [1.54, 1.807) is 14.2 Å². The molecule has 1 heterocycles. The van der Waals surface area contributed by atoms with Gasteiger partial charge in [-0.05, 0) is 42.5 Å². The highest BCUT2D eigenvalue weighted by molar-refractivity contribution is 6.30. The monoisotopic (exact) mass is 301 g/mol. The topological polar surface area (TPSA) is 23.4 Å².